The Morgan fingerprint density at radius 1 is 1.07 bits per heavy atom. The second kappa shape index (κ2) is 11.3. The number of nitrogens with one attached hydrogen (secondary N) is 2. The molecule has 0 bridgehead atoms. The molecule has 0 unspecified atom stereocenters. The van der Waals surface area contributed by atoms with Gasteiger partial charge in [0.2, 0.25) is 6.10 Å². The van der Waals surface area contributed by atoms with Crippen molar-refractivity contribution >= 4 is 24.0 Å². The Morgan fingerprint density at radius 2 is 1.80 bits per heavy atom. The van der Waals surface area contributed by atoms with Gasteiger partial charge in [0.25, 0.3) is 5.91 Å². The fourth-order valence-electron chi connectivity index (χ4n) is 2.53. The molecule has 0 radical (unpaired) electrons. The van der Waals surface area contributed by atoms with Crippen molar-refractivity contribution in [1.29, 1.82) is 0 Å². The number of carbonyl (C=O) groups excluding carboxylic acids is 3. The predicted octanol–water partition coefficient (Wildman–Crippen LogP) is 2.85. The monoisotopic (exact) mass is 412 g/mol. The largest absolute Gasteiger partial charge is 0.493 e. The number of carbonyl (C=O) groups is 3. The predicted molar refractivity (Wildman–Crippen MR) is 111 cm³/mol. The summed E-state index contributed by atoms with van der Waals surface area (Å²) in [5.74, 6) is -0.385. The summed E-state index contributed by atoms with van der Waals surface area (Å²) in [6.45, 7) is 2.32. The number of urea groups is 1. The molecule has 3 amide bonds. The van der Waals surface area contributed by atoms with Crippen LogP contribution in [-0.2, 0) is 14.3 Å². The van der Waals surface area contributed by atoms with E-state index in [1.165, 1.54) is 26.3 Å². The Hall–Kier alpha value is -3.81. The molecule has 0 fully saturated rings. The minimum Gasteiger partial charge on any atom is -0.493 e. The van der Waals surface area contributed by atoms with E-state index in [-0.39, 0.29) is 0 Å². The van der Waals surface area contributed by atoms with E-state index < -0.39 is 24.0 Å². The van der Waals surface area contributed by atoms with Gasteiger partial charge in [-0.1, -0.05) is 36.4 Å². The molecule has 2 rings (SSSR count). The van der Waals surface area contributed by atoms with Crippen molar-refractivity contribution < 1.29 is 28.6 Å². The molecule has 1 atom stereocenters. The molecular weight excluding hydrogens is 388 g/mol. The van der Waals surface area contributed by atoms with E-state index in [2.05, 4.69) is 10.6 Å². The van der Waals surface area contributed by atoms with Crippen LogP contribution in [0.5, 0.6) is 11.5 Å². The molecule has 8 nitrogen and oxygen atoms in total. The fraction of sp³-hybridized carbons (Fsp3) is 0.227. The summed E-state index contributed by atoms with van der Waals surface area (Å²) >= 11 is 0. The molecule has 0 spiro atoms. The molecule has 2 aromatic rings. The third-order valence-electron chi connectivity index (χ3n) is 3.94. The molecule has 0 aliphatic rings. The molecule has 158 valence electrons. The normalized spacial score (nSPS) is 11.4. The summed E-state index contributed by atoms with van der Waals surface area (Å²) in [6.07, 6.45) is 1.44. The van der Waals surface area contributed by atoms with Gasteiger partial charge in [-0.25, -0.2) is 9.59 Å². The van der Waals surface area contributed by atoms with E-state index in [0.29, 0.717) is 29.2 Å². The molecule has 2 N–H and O–H groups in total. The highest BCUT2D eigenvalue weighted by Gasteiger charge is 2.25. The van der Waals surface area contributed by atoms with Gasteiger partial charge in [0.1, 0.15) is 0 Å². The van der Waals surface area contributed by atoms with E-state index in [1.807, 2.05) is 6.92 Å². The van der Waals surface area contributed by atoms with E-state index in [0.717, 1.165) is 0 Å². The number of esters is 1. The summed E-state index contributed by atoms with van der Waals surface area (Å²) in [5, 5.41) is 4.40. The van der Waals surface area contributed by atoms with E-state index in [9.17, 15) is 14.4 Å². The summed E-state index contributed by atoms with van der Waals surface area (Å²) in [6, 6.07) is 12.9. The molecule has 0 aliphatic carbocycles. The highest BCUT2D eigenvalue weighted by molar-refractivity contribution is 5.98. The first-order valence-electron chi connectivity index (χ1n) is 9.25. The Balaban J connectivity index is 2.16. The number of rotatable bonds is 8. The van der Waals surface area contributed by atoms with Crippen molar-refractivity contribution in [2.45, 2.75) is 13.0 Å². The highest BCUT2D eigenvalue weighted by atomic mass is 16.5. The van der Waals surface area contributed by atoms with Gasteiger partial charge in [0, 0.05) is 18.7 Å². The summed E-state index contributed by atoms with van der Waals surface area (Å²) in [7, 11) is 2.92. The van der Waals surface area contributed by atoms with Crippen LogP contribution in [0, 0.1) is 0 Å². The first-order valence-corrected chi connectivity index (χ1v) is 9.25. The van der Waals surface area contributed by atoms with Crippen LogP contribution in [0.1, 0.15) is 24.2 Å². The Labute approximate surface area is 174 Å². The van der Waals surface area contributed by atoms with Crippen molar-refractivity contribution in [2.75, 3.05) is 20.8 Å². The number of benzene rings is 2. The van der Waals surface area contributed by atoms with Gasteiger partial charge in [0.15, 0.2) is 11.5 Å². The third-order valence-corrected chi connectivity index (χ3v) is 3.94. The lowest BCUT2D eigenvalue weighted by molar-refractivity contribution is -0.151. The lowest BCUT2D eigenvalue weighted by Crippen LogP contribution is -2.41. The summed E-state index contributed by atoms with van der Waals surface area (Å²) in [4.78, 5) is 36.2. The molecule has 0 aromatic heterocycles. The number of amides is 3. The molecule has 8 heteroatoms. The Bertz CT molecular complexity index is 911. The van der Waals surface area contributed by atoms with E-state index >= 15 is 0 Å². The maximum Gasteiger partial charge on any atom is 0.331 e. The van der Waals surface area contributed by atoms with Gasteiger partial charge in [-0.3, -0.25) is 10.1 Å². The lowest BCUT2D eigenvalue weighted by atomic mass is 10.1. The van der Waals surface area contributed by atoms with Crippen LogP contribution >= 0.6 is 0 Å². The quantitative estimate of drug-likeness (QED) is 0.511. The molecule has 0 saturated heterocycles. The summed E-state index contributed by atoms with van der Waals surface area (Å²) < 4.78 is 16.1. The Morgan fingerprint density at radius 3 is 2.43 bits per heavy atom. The smallest absolute Gasteiger partial charge is 0.331 e. The average Bonchev–Trinajstić information content (AvgIpc) is 2.76. The minimum atomic E-state index is -1.28. The van der Waals surface area contributed by atoms with Crippen LogP contribution in [0.25, 0.3) is 6.08 Å². The number of imide groups is 1. The fourth-order valence-corrected chi connectivity index (χ4v) is 2.53. The topological polar surface area (TPSA) is 103 Å². The van der Waals surface area contributed by atoms with Gasteiger partial charge < -0.3 is 19.5 Å². The van der Waals surface area contributed by atoms with Gasteiger partial charge in [-0.05, 0) is 30.7 Å². The molecule has 30 heavy (non-hydrogen) atoms. The zero-order valence-corrected chi connectivity index (χ0v) is 17.0. The molecule has 2 aromatic carbocycles. The van der Waals surface area contributed by atoms with Crippen molar-refractivity contribution in [2.24, 2.45) is 0 Å². The number of ether oxygens (including phenoxy) is 3. The Kier molecular flexibility index (Phi) is 8.43. The lowest BCUT2D eigenvalue weighted by Gasteiger charge is -2.16. The van der Waals surface area contributed by atoms with Crippen LogP contribution in [0.4, 0.5) is 4.79 Å². The van der Waals surface area contributed by atoms with Crippen LogP contribution in [0.2, 0.25) is 0 Å². The zero-order valence-electron chi connectivity index (χ0n) is 17.0. The van der Waals surface area contributed by atoms with Crippen LogP contribution < -0.4 is 20.1 Å². The van der Waals surface area contributed by atoms with Crippen molar-refractivity contribution in [3.8, 4) is 11.5 Å². The van der Waals surface area contributed by atoms with Gasteiger partial charge in [-0.2, -0.15) is 0 Å². The SMILES string of the molecule is CCOc1cc(/C=C/C(=O)O[C@H](C(=O)NC(=O)NC)c2ccccc2)ccc1OC. The summed E-state index contributed by atoms with van der Waals surface area (Å²) in [5.41, 5.74) is 1.12. The van der Waals surface area contributed by atoms with Crippen molar-refractivity contribution in [1.82, 2.24) is 10.6 Å². The molecule has 0 heterocycles. The first kappa shape index (κ1) is 22.5. The molecule has 0 saturated carbocycles. The molecule has 0 aliphatic heterocycles. The number of hydrogen-bond acceptors (Lipinski definition) is 6. The van der Waals surface area contributed by atoms with Crippen LogP contribution in [0.3, 0.4) is 0 Å². The zero-order chi connectivity index (χ0) is 21.9. The van der Waals surface area contributed by atoms with Gasteiger partial charge in [0.05, 0.1) is 13.7 Å². The minimum absolute atomic E-state index is 0.434. The maximum absolute atomic E-state index is 12.4. The number of hydrogen-bond donors (Lipinski definition) is 2. The van der Waals surface area contributed by atoms with Crippen LogP contribution in [0.15, 0.2) is 54.6 Å². The van der Waals surface area contributed by atoms with Crippen molar-refractivity contribution in [3.63, 3.8) is 0 Å². The van der Waals surface area contributed by atoms with Gasteiger partial charge >= 0.3 is 12.0 Å². The van der Waals surface area contributed by atoms with Gasteiger partial charge in [-0.15, -0.1) is 0 Å². The van der Waals surface area contributed by atoms with Crippen LogP contribution in [-0.4, -0.2) is 38.7 Å². The van der Waals surface area contributed by atoms with Crippen molar-refractivity contribution in [3.05, 3.63) is 65.7 Å². The highest BCUT2D eigenvalue weighted by Crippen LogP contribution is 2.28. The number of methoxy groups -OCH3 is 1. The van der Waals surface area contributed by atoms with E-state index in [4.69, 9.17) is 14.2 Å². The standard InChI is InChI=1S/C22H24N2O6/c1-4-29-18-14-15(10-12-17(18)28-3)11-13-19(25)30-20(16-8-6-5-7-9-16)21(26)24-22(27)23-2/h5-14,20H,4H2,1-3H3,(H2,23,24,26,27)/b13-11+/t20-/m0/s1. The second-order valence-corrected chi connectivity index (χ2v) is 5.97. The maximum atomic E-state index is 12.4. The van der Waals surface area contributed by atoms with E-state index in [1.54, 1.807) is 48.5 Å². The third kappa shape index (κ3) is 6.37. The second-order valence-electron chi connectivity index (χ2n) is 5.97. The molecular formula is C22H24N2O6. The first-order chi connectivity index (χ1) is 14.5. The average molecular weight is 412 g/mol.